The molecule has 0 N–H and O–H groups in total. The summed E-state index contributed by atoms with van der Waals surface area (Å²) in [5, 5.41) is 0. The van der Waals surface area contributed by atoms with Gasteiger partial charge in [0.05, 0.1) is 0 Å². The van der Waals surface area contributed by atoms with Gasteiger partial charge in [0.15, 0.2) is 0 Å². The number of likely N-dealkylation sites (tertiary alicyclic amines) is 1. The van der Waals surface area contributed by atoms with Crippen LogP contribution in [0.15, 0.2) is 109 Å². The average molecular weight is 891 g/mol. The third-order valence-electron chi connectivity index (χ3n) is 12.6. The van der Waals surface area contributed by atoms with Crippen LogP contribution in [-0.2, 0) is 48.4 Å². The Morgan fingerprint density at radius 1 is 0.597 bits per heavy atom. The maximum Gasteiger partial charge on any atom is 0.373 e. The largest absolute Gasteiger partial charge is 0.373 e. The van der Waals surface area contributed by atoms with Crippen molar-refractivity contribution in [2.75, 3.05) is 26.2 Å². The molecule has 1 saturated heterocycles. The molecule has 0 spiro atoms. The van der Waals surface area contributed by atoms with E-state index in [2.05, 4.69) is 115 Å². The Morgan fingerprint density at radius 2 is 1.01 bits per heavy atom. The molecule has 0 bridgehead atoms. The van der Waals surface area contributed by atoms with Gasteiger partial charge in [-0.05, 0) is 145 Å². The summed E-state index contributed by atoms with van der Waals surface area (Å²) < 4.78 is 0. The predicted octanol–water partition coefficient (Wildman–Crippen LogP) is 10.6. The van der Waals surface area contributed by atoms with Crippen molar-refractivity contribution in [3.63, 3.8) is 0 Å². The number of terminal acetylenes is 2. The summed E-state index contributed by atoms with van der Waals surface area (Å²) in [6, 6.07) is 29.6. The van der Waals surface area contributed by atoms with Gasteiger partial charge in [0.1, 0.15) is 11.6 Å². The summed E-state index contributed by atoms with van der Waals surface area (Å²) in [5.74, 6) is 7.87. The number of aryl methyl sites for hydroxylation is 4. The van der Waals surface area contributed by atoms with Crippen molar-refractivity contribution in [3.8, 4) is 24.7 Å². The number of carbonyl (C=O) groups excluding carboxylic acids is 2. The number of nitrogens with zero attached hydrogens (tertiary/aromatic N) is 6. The topological polar surface area (TPSA) is 92.2 Å². The van der Waals surface area contributed by atoms with Crippen molar-refractivity contribution >= 4 is 6.15 Å². The summed E-state index contributed by atoms with van der Waals surface area (Å²) in [7, 11) is 0. The van der Waals surface area contributed by atoms with Crippen LogP contribution in [0.4, 0.5) is 0 Å². The monoisotopic (exact) mass is 891 g/mol. The molecule has 1 atom stereocenters. The van der Waals surface area contributed by atoms with Crippen molar-refractivity contribution in [3.05, 3.63) is 199 Å². The molecule has 1 fully saturated rings. The van der Waals surface area contributed by atoms with Gasteiger partial charge in [0.2, 0.25) is 0 Å². The van der Waals surface area contributed by atoms with Crippen LogP contribution in [0.25, 0.3) is 0 Å². The van der Waals surface area contributed by atoms with E-state index in [1.807, 2.05) is 60.9 Å². The number of rotatable bonds is 13. The molecular weight excluding hydrogens is 825 g/mol. The molecule has 2 aromatic heterocycles. The van der Waals surface area contributed by atoms with Crippen LogP contribution in [-0.4, -0.2) is 62.1 Å². The van der Waals surface area contributed by atoms with Crippen molar-refractivity contribution in [2.45, 2.75) is 100 Å². The van der Waals surface area contributed by atoms with Crippen LogP contribution in [0, 0.1) is 58.3 Å². The fraction of sp³-hybridized carbons (Fsp3) is 0.339. The molecule has 344 valence electrons. The number of piperidine rings is 1. The van der Waals surface area contributed by atoms with E-state index in [-0.39, 0.29) is 13.6 Å². The van der Waals surface area contributed by atoms with Gasteiger partial charge >= 0.3 is 6.15 Å². The van der Waals surface area contributed by atoms with Crippen LogP contribution in [0.5, 0.6) is 0 Å². The molecule has 8 heteroatoms. The first-order valence-corrected chi connectivity index (χ1v) is 23.1. The highest BCUT2D eigenvalue weighted by Gasteiger charge is 2.19. The van der Waals surface area contributed by atoms with Crippen molar-refractivity contribution < 1.29 is 9.59 Å². The second-order valence-corrected chi connectivity index (χ2v) is 17.6. The van der Waals surface area contributed by atoms with E-state index >= 15 is 0 Å². The highest BCUT2D eigenvalue weighted by Crippen LogP contribution is 2.25. The van der Waals surface area contributed by atoms with Crippen LogP contribution in [0.2, 0.25) is 0 Å². The lowest BCUT2D eigenvalue weighted by molar-refractivity contribution is -0.191. The molecule has 2 aliphatic heterocycles. The Morgan fingerprint density at radius 3 is 1.42 bits per heavy atom. The van der Waals surface area contributed by atoms with Crippen molar-refractivity contribution in [1.29, 1.82) is 0 Å². The SMILES string of the molecule is C.C#Cc1ccc(Cc2nccc(Cc3c(C)cc(CN4CC=CC4)cc3C)n2)cc1.C#Cc1ccc(Cc2nccc(Cc3c(C)cc(CN4CCCC(CC)C4)cc3C)n2)cc1.O=C=O. The van der Waals surface area contributed by atoms with Crippen LogP contribution >= 0.6 is 0 Å². The minimum atomic E-state index is 0. The molecule has 2 aliphatic rings. The van der Waals surface area contributed by atoms with Gasteiger partial charge in [0.25, 0.3) is 0 Å². The van der Waals surface area contributed by atoms with Crippen molar-refractivity contribution in [1.82, 2.24) is 29.7 Å². The van der Waals surface area contributed by atoms with Gasteiger partial charge in [-0.1, -0.05) is 93.3 Å². The van der Waals surface area contributed by atoms with Crippen molar-refractivity contribution in [2.24, 2.45) is 5.92 Å². The lowest BCUT2D eigenvalue weighted by Gasteiger charge is -2.32. The molecule has 0 amide bonds. The van der Waals surface area contributed by atoms with E-state index in [1.165, 1.54) is 88.0 Å². The zero-order chi connectivity index (χ0) is 46.8. The first-order valence-electron chi connectivity index (χ1n) is 23.1. The van der Waals surface area contributed by atoms with E-state index in [9.17, 15) is 0 Å². The van der Waals surface area contributed by atoms with Gasteiger partial charge in [0, 0.05) is 93.3 Å². The molecule has 0 radical (unpaired) electrons. The summed E-state index contributed by atoms with van der Waals surface area (Å²) >= 11 is 0. The van der Waals surface area contributed by atoms with Gasteiger partial charge in [-0.25, -0.2) is 19.9 Å². The Hall–Kier alpha value is -6.80. The van der Waals surface area contributed by atoms with E-state index in [0.717, 1.165) is 79.1 Å². The molecule has 8 nitrogen and oxygen atoms in total. The fourth-order valence-corrected chi connectivity index (χ4v) is 9.12. The number of benzene rings is 4. The smallest absolute Gasteiger partial charge is 0.299 e. The number of aromatic nitrogens is 4. The normalized spacial score (nSPS) is 14.3. The maximum atomic E-state index is 8.12. The zero-order valence-corrected chi connectivity index (χ0v) is 39.3. The average Bonchev–Trinajstić information content (AvgIpc) is 3.83. The van der Waals surface area contributed by atoms with Crippen LogP contribution in [0.1, 0.15) is 123 Å². The molecule has 67 heavy (non-hydrogen) atoms. The molecule has 8 rings (SSSR count). The van der Waals surface area contributed by atoms with Gasteiger partial charge in [-0.2, -0.15) is 9.59 Å². The van der Waals surface area contributed by atoms with E-state index in [0.29, 0.717) is 12.8 Å². The van der Waals surface area contributed by atoms with E-state index in [4.69, 9.17) is 32.4 Å². The molecule has 6 aromatic rings. The molecule has 4 aromatic carbocycles. The minimum absolute atomic E-state index is 0. The summed E-state index contributed by atoms with van der Waals surface area (Å²) in [5.41, 5.74) is 17.2. The lowest BCUT2D eigenvalue weighted by Crippen LogP contribution is -2.34. The Balaban J connectivity index is 0.000000235. The summed E-state index contributed by atoms with van der Waals surface area (Å²) in [4.78, 5) is 40.0. The summed E-state index contributed by atoms with van der Waals surface area (Å²) in [6.07, 6.45) is 26.5. The Kier molecular flexibility index (Phi) is 19.7. The molecule has 0 saturated carbocycles. The lowest BCUT2D eigenvalue weighted by atomic mass is 9.93. The minimum Gasteiger partial charge on any atom is -0.299 e. The molecular formula is C59H66N6O2. The predicted molar refractivity (Wildman–Crippen MR) is 270 cm³/mol. The third kappa shape index (κ3) is 15.4. The van der Waals surface area contributed by atoms with E-state index < -0.39 is 0 Å². The van der Waals surface area contributed by atoms with Gasteiger partial charge in [-0.15, -0.1) is 12.8 Å². The van der Waals surface area contributed by atoms with Crippen LogP contribution < -0.4 is 0 Å². The Labute approximate surface area is 400 Å². The quantitative estimate of drug-likeness (QED) is 0.0836. The van der Waals surface area contributed by atoms with Crippen LogP contribution in [0.3, 0.4) is 0 Å². The second-order valence-electron chi connectivity index (χ2n) is 17.6. The molecule has 4 heterocycles. The Bertz CT molecular complexity index is 2650. The first kappa shape index (κ1) is 51.2. The highest BCUT2D eigenvalue weighted by molar-refractivity contribution is 5.42. The van der Waals surface area contributed by atoms with Gasteiger partial charge in [-0.3, -0.25) is 9.80 Å². The van der Waals surface area contributed by atoms with Gasteiger partial charge < -0.3 is 0 Å². The number of hydrogen-bond donors (Lipinski definition) is 0. The van der Waals surface area contributed by atoms with E-state index in [1.54, 1.807) is 0 Å². The second kappa shape index (κ2) is 25.8. The number of hydrogen-bond acceptors (Lipinski definition) is 8. The highest BCUT2D eigenvalue weighted by atomic mass is 16.2. The fourth-order valence-electron chi connectivity index (χ4n) is 9.12. The maximum absolute atomic E-state index is 8.12. The molecule has 0 aliphatic carbocycles. The zero-order valence-electron chi connectivity index (χ0n) is 39.3. The standard InChI is InChI=1S/C30H35N3.C27H27N3.CO2.CH4/c1-5-24-9-11-26(12-10-24)18-30-31-14-13-28(32-30)19-29-22(3)16-27(17-23(29)4)21-33-15-7-8-25(6-2)20-33;1-4-22-7-9-23(10-8-22)17-27-28-12-11-25(29-27)18-26-20(2)15-24(16-21(26)3)19-30-13-5-6-14-30;2-1-3;/h1,9-14,16-17,25H,6-8,15,18-21H2,2-4H3;1,5-12,15-16H,13-14,17-19H2,2-3H3;;1H4. The summed E-state index contributed by atoms with van der Waals surface area (Å²) in [6.45, 7) is 17.9. The molecule has 1 unspecified atom stereocenters. The first-order chi connectivity index (χ1) is 32.0. The third-order valence-corrected chi connectivity index (χ3v) is 12.6.